The molecule has 22 heavy (non-hydrogen) atoms. The highest BCUT2D eigenvalue weighted by Gasteiger charge is 2.26. The number of anilines is 1. The third-order valence-electron chi connectivity index (χ3n) is 3.29. The molecular formula is C14H21N5O2S. The molecule has 0 aliphatic rings. The van der Waals surface area contributed by atoms with Gasteiger partial charge in [0.1, 0.15) is 10.5 Å². The van der Waals surface area contributed by atoms with Gasteiger partial charge in [-0.25, -0.2) is 4.98 Å². The minimum atomic E-state index is -1.17. The van der Waals surface area contributed by atoms with Crippen molar-refractivity contribution in [2.75, 3.05) is 25.5 Å². The molecule has 8 heteroatoms. The molecule has 0 fully saturated rings. The van der Waals surface area contributed by atoms with Crippen LogP contribution in [0.3, 0.4) is 0 Å². The summed E-state index contributed by atoms with van der Waals surface area (Å²) >= 11 is 1.33. The summed E-state index contributed by atoms with van der Waals surface area (Å²) in [6, 6.07) is 0. The first kappa shape index (κ1) is 16.4. The second kappa shape index (κ2) is 6.05. The quantitative estimate of drug-likeness (QED) is 0.854. The van der Waals surface area contributed by atoms with Crippen molar-refractivity contribution in [3.63, 3.8) is 0 Å². The number of nitrogens with zero attached hydrogens (tertiary/aromatic N) is 4. The molecule has 2 aromatic rings. The van der Waals surface area contributed by atoms with Crippen molar-refractivity contribution < 1.29 is 9.90 Å². The van der Waals surface area contributed by atoms with E-state index in [2.05, 4.69) is 15.4 Å². The number of carbonyl (C=O) groups is 1. The third-order valence-corrected chi connectivity index (χ3v) is 4.62. The summed E-state index contributed by atoms with van der Waals surface area (Å²) in [6.45, 7) is 3.55. The number of nitrogens with one attached hydrogen (secondary N) is 1. The molecule has 0 saturated heterocycles. The van der Waals surface area contributed by atoms with E-state index < -0.39 is 5.60 Å². The number of aryl methyl sites for hydroxylation is 2. The van der Waals surface area contributed by atoms with E-state index in [4.69, 9.17) is 0 Å². The Morgan fingerprint density at radius 2 is 2.23 bits per heavy atom. The van der Waals surface area contributed by atoms with Crippen LogP contribution in [0.1, 0.15) is 27.9 Å². The van der Waals surface area contributed by atoms with Gasteiger partial charge in [0.15, 0.2) is 5.13 Å². The molecule has 2 rings (SSSR count). The molecule has 0 aliphatic heterocycles. The minimum absolute atomic E-state index is 0.103. The predicted octanol–water partition coefficient (Wildman–Crippen LogP) is 0.889. The van der Waals surface area contributed by atoms with E-state index in [0.717, 1.165) is 5.13 Å². The topological polar surface area (TPSA) is 83.3 Å². The van der Waals surface area contributed by atoms with Gasteiger partial charge < -0.3 is 15.3 Å². The maximum atomic E-state index is 12.3. The first-order valence-electron chi connectivity index (χ1n) is 6.85. The average Bonchev–Trinajstić information content (AvgIpc) is 3.03. The van der Waals surface area contributed by atoms with E-state index >= 15 is 0 Å². The Bertz CT molecular complexity index is 675. The zero-order chi connectivity index (χ0) is 16.5. The molecule has 0 aromatic carbocycles. The van der Waals surface area contributed by atoms with Crippen LogP contribution in [0.5, 0.6) is 0 Å². The van der Waals surface area contributed by atoms with Crippen molar-refractivity contribution in [1.29, 1.82) is 0 Å². The molecule has 0 radical (unpaired) electrons. The van der Waals surface area contributed by atoms with Gasteiger partial charge in [-0.2, -0.15) is 5.10 Å². The van der Waals surface area contributed by atoms with Crippen LogP contribution in [-0.2, 0) is 12.6 Å². The summed E-state index contributed by atoms with van der Waals surface area (Å²) in [4.78, 5) is 19.1. The first-order chi connectivity index (χ1) is 10.2. The molecule has 2 heterocycles. The summed E-state index contributed by atoms with van der Waals surface area (Å²) in [7, 11) is 5.54. The molecule has 1 amide bonds. The van der Waals surface area contributed by atoms with Crippen molar-refractivity contribution in [1.82, 2.24) is 20.1 Å². The highest BCUT2D eigenvalue weighted by molar-refractivity contribution is 7.17. The van der Waals surface area contributed by atoms with Crippen molar-refractivity contribution in [2.45, 2.75) is 19.4 Å². The van der Waals surface area contributed by atoms with Crippen molar-refractivity contribution in [2.24, 2.45) is 7.05 Å². The second-order valence-electron chi connectivity index (χ2n) is 5.66. The molecule has 1 atom stereocenters. The lowest BCUT2D eigenvalue weighted by Gasteiger charge is -2.22. The fourth-order valence-corrected chi connectivity index (χ4v) is 2.82. The van der Waals surface area contributed by atoms with Gasteiger partial charge in [-0.3, -0.25) is 9.48 Å². The Morgan fingerprint density at radius 3 is 2.73 bits per heavy atom. The van der Waals surface area contributed by atoms with Crippen LogP contribution >= 0.6 is 11.3 Å². The fourth-order valence-electron chi connectivity index (χ4n) is 1.92. The van der Waals surface area contributed by atoms with Gasteiger partial charge in [0.25, 0.3) is 5.91 Å². The minimum Gasteiger partial charge on any atom is -0.383 e. The highest BCUT2D eigenvalue weighted by atomic mass is 32.1. The molecule has 0 bridgehead atoms. The fraction of sp³-hybridized carbons (Fsp3) is 0.500. The maximum Gasteiger partial charge on any atom is 0.263 e. The number of carbonyl (C=O) groups excluding carboxylic acids is 1. The maximum absolute atomic E-state index is 12.3. The van der Waals surface area contributed by atoms with Gasteiger partial charge in [0.2, 0.25) is 0 Å². The van der Waals surface area contributed by atoms with E-state index in [9.17, 15) is 9.90 Å². The van der Waals surface area contributed by atoms with Crippen LogP contribution in [0.15, 0.2) is 12.4 Å². The summed E-state index contributed by atoms with van der Waals surface area (Å²) in [5.74, 6) is -0.229. The lowest BCUT2D eigenvalue weighted by molar-refractivity contribution is 0.0526. The number of hydrogen-bond acceptors (Lipinski definition) is 6. The molecule has 2 N–H and O–H groups in total. The average molecular weight is 323 g/mol. The number of amides is 1. The van der Waals surface area contributed by atoms with Crippen LogP contribution in [-0.4, -0.2) is 46.4 Å². The van der Waals surface area contributed by atoms with Gasteiger partial charge in [-0.15, -0.1) is 0 Å². The summed E-state index contributed by atoms with van der Waals surface area (Å²) in [5.41, 5.74) is 0.171. The normalized spacial score (nSPS) is 13.7. The Labute approximate surface area is 133 Å². The number of aliphatic hydroxyl groups is 1. The van der Waals surface area contributed by atoms with Gasteiger partial charge in [-0.1, -0.05) is 11.3 Å². The van der Waals surface area contributed by atoms with Crippen LogP contribution in [0.4, 0.5) is 5.13 Å². The Balaban J connectivity index is 2.06. The monoisotopic (exact) mass is 323 g/mol. The smallest absolute Gasteiger partial charge is 0.263 e. The van der Waals surface area contributed by atoms with Crippen molar-refractivity contribution in [3.05, 3.63) is 28.5 Å². The van der Waals surface area contributed by atoms with Crippen molar-refractivity contribution in [3.8, 4) is 0 Å². The number of rotatable bonds is 5. The Hall–Kier alpha value is -1.93. The molecule has 120 valence electrons. The Kier molecular flexibility index (Phi) is 4.52. The van der Waals surface area contributed by atoms with Crippen LogP contribution in [0.25, 0.3) is 0 Å². The van der Waals surface area contributed by atoms with E-state index in [1.807, 2.05) is 19.0 Å². The van der Waals surface area contributed by atoms with E-state index in [-0.39, 0.29) is 12.5 Å². The molecular weight excluding hydrogens is 302 g/mol. The highest BCUT2D eigenvalue weighted by Crippen LogP contribution is 2.25. The zero-order valence-corrected chi connectivity index (χ0v) is 14.2. The van der Waals surface area contributed by atoms with Gasteiger partial charge >= 0.3 is 0 Å². The summed E-state index contributed by atoms with van der Waals surface area (Å²) < 4.78 is 1.61. The van der Waals surface area contributed by atoms with Crippen LogP contribution in [0.2, 0.25) is 0 Å². The van der Waals surface area contributed by atoms with E-state index in [1.54, 1.807) is 38.0 Å². The second-order valence-corrected chi connectivity index (χ2v) is 6.64. The van der Waals surface area contributed by atoms with Crippen LogP contribution in [0, 0.1) is 6.92 Å². The van der Waals surface area contributed by atoms with Crippen LogP contribution < -0.4 is 10.2 Å². The summed E-state index contributed by atoms with van der Waals surface area (Å²) in [6.07, 6.45) is 3.32. The lowest BCUT2D eigenvalue weighted by atomic mass is 10.00. The largest absolute Gasteiger partial charge is 0.383 e. The van der Waals surface area contributed by atoms with E-state index in [1.165, 1.54) is 11.3 Å². The number of hydrogen-bond donors (Lipinski definition) is 2. The first-order valence-corrected chi connectivity index (χ1v) is 7.67. The molecule has 0 aliphatic carbocycles. The third kappa shape index (κ3) is 3.45. The molecule has 7 nitrogen and oxygen atoms in total. The molecule has 0 spiro atoms. The van der Waals surface area contributed by atoms with Gasteiger partial charge in [0, 0.05) is 32.9 Å². The van der Waals surface area contributed by atoms with Gasteiger partial charge in [0.05, 0.1) is 18.4 Å². The molecule has 0 saturated carbocycles. The molecule has 2 aromatic heterocycles. The molecule has 1 unspecified atom stereocenters. The predicted molar refractivity (Wildman–Crippen MR) is 86.3 cm³/mol. The zero-order valence-electron chi connectivity index (χ0n) is 13.4. The van der Waals surface area contributed by atoms with E-state index in [0.29, 0.717) is 16.1 Å². The number of aromatic nitrogens is 3. The SMILES string of the molecule is Cc1nc(N(C)C)sc1C(=O)NCC(C)(O)c1cnn(C)c1. The van der Waals surface area contributed by atoms with Crippen molar-refractivity contribution >= 4 is 22.4 Å². The summed E-state index contributed by atoms with van der Waals surface area (Å²) in [5, 5.41) is 18.0. The number of thiazole rings is 1. The Morgan fingerprint density at radius 1 is 1.55 bits per heavy atom. The standard InChI is InChI=1S/C14H21N5O2S/c1-9-11(22-13(17-9)18(3)4)12(20)15-8-14(2,21)10-6-16-19(5)7-10/h6-7,21H,8H2,1-5H3,(H,15,20). The van der Waals surface area contributed by atoms with Gasteiger partial charge in [-0.05, 0) is 13.8 Å². The lowest BCUT2D eigenvalue weighted by Crippen LogP contribution is -2.38.